The van der Waals surface area contributed by atoms with Gasteiger partial charge >= 0.3 is 12.2 Å². The van der Waals surface area contributed by atoms with E-state index < -0.39 is 24.1 Å². The number of alkyl halides is 4. The largest absolute Gasteiger partial charge is 0.364 e. The molecule has 0 aromatic rings. The van der Waals surface area contributed by atoms with Gasteiger partial charge < -0.3 is 5.32 Å². The fraction of sp³-hybridized carbons (Fsp3) is 1.00. The summed E-state index contributed by atoms with van der Waals surface area (Å²) in [5, 5.41) is 2.50. The minimum Gasteiger partial charge on any atom is -0.315 e. The van der Waals surface area contributed by atoms with Gasteiger partial charge in [-0.25, -0.2) is 0 Å². The highest BCUT2D eigenvalue weighted by atomic mass is 35.5. The number of fused-ring (bicyclic) bond motifs is 1. The van der Waals surface area contributed by atoms with Gasteiger partial charge in [-0.2, -0.15) is 17.6 Å². The minimum atomic E-state index is -3.68. The van der Waals surface area contributed by atoms with Gasteiger partial charge in [-0.15, -0.1) is 12.4 Å². The molecule has 2 aliphatic rings. The Balaban J connectivity index is 0.000000845. The summed E-state index contributed by atoms with van der Waals surface area (Å²) in [7, 11) is 0. The molecule has 13 heavy (non-hydrogen) atoms. The van der Waals surface area contributed by atoms with Gasteiger partial charge in [0.1, 0.15) is 0 Å². The molecule has 0 aromatic heterocycles. The summed E-state index contributed by atoms with van der Waals surface area (Å²) in [6.45, 7) is -0.208. The molecule has 2 saturated heterocycles. The first-order valence-electron chi connectivity index (χ1n) is 3.60. The third-order valence-corrected chi connectivity index (χ3v) is 2.35. The topological polar surface area (TPSA) is 21.3 Å². The van der Waals surface area contributed by atoms with Gasteiger partial charge in [0, 0.05) is 13.1 Å². The SMILES string of the molecule is Cl.FC1(F)OC(F)(F)[C@H]2CNC[C@H]21. The van der Waals surface area contributed by atoms with Gasteiger partial charge in [0.15, 0.2) is 0 Å². The van der Waals surface area contributed by atoms with E-state index in [9.17, 15) is 17.6 Å². The van der Waals surface area contributed by atoms with Gasteiger partial charge in [0.25, 0.3) is 0 Å². The van der Waals surface area contributed by atoms with E-state index in [-0.39, 0.29) is 25.5 Å². The van der Waals surface area contributed by atoms with Crippen molar-refractivity contribution in [3.63, 3.8) is 0 Å². The molecule has 2 atom stereocenters. The minimum absolute atomic E-state index is 0. The van der Waals surface area contributed by atoms with Crippen molar-refractivity contribution in [2.24, 2.45) is 11.8 Å². The van der Waals surface area contributed by atoms with Gasteiger partial charge in [-0.1, -0.05) is 0 Å². The van der Waals surface area contributed by atoms with Crippen molar-refractivity contribution >= 4 is 12.4 Å². The van der Waals surface area contributed by atoms with Crippen LogP contribution in [0.2, 0.25) is 0 Å². The van der Waals surface area contributed by atoms with Crippen molar-refractivity contribution in [3.05, 3.63) is 0 Å². The Morgan fingerprint density at radius 1 is 1.00 bits per heavy atom. The van der Waals surface area contributed by atoms with Crippen LogP contribution in [-0.2, 0) is 4.74 Å². The van der Waals surface area contributed by atoms with Crippen LogP contribution in [0.4, 0.5) is 17.6 Å². The summed E-state index contributed by atoms with van der Waals surface area (Å²) < 4.78 is 54.0. The van der Waals surface area contributed by atoms with E-state index in [0.29, 0.717) is 0 Å². The summed E-state index contributed by atoms with van der Waals surface area (Å²) in [5.74, 6) is -2.76. The molecule has 0 bridgehead atoms. The second kappa shape index (κ2) is 2.96. The molecule has 2 fully saturated rings. The molecule has 2 nitrogen and oxygen atoms in total. The number of nitrogens with one attached hydrogen (secondary N) is 1. The van der Waals surface area contributed by atoms with E-state index in [0.717, 1.165) is 0 Å². The summed E-state index contributed by atoms with van der Waals surface area (Å²) in [4.78, 5) is 0. The highest BCUT2D eigenvalue weighted by Crippen LogP contribution is 2.51. The van der Waals surface area contributed by atoms with Crippen molar-refractivity contribution in [1.82, 2.24) is 5.32 Å². The maximum atomic E-state index is 12.7. The summed E-state index contributed by atoms with van der Waals surface area (Å²) in [6.07, 6.45) is -7.37. The lowest BCUT2D eigenvalue weighted by atomic mass is 9.97. The number of hydrogen-bond donors (Lipinski definition) is 1. The van der Waals surface area contributed by atoms with Crippen molar-refractivity contribution < 1.29 is 22.3 Å². The predicted molar refractivity (Wildman–Crippen MR) is 38.1 cm³/mol. The smallest absolute Gasteiger partial charge is 0.315 e. The van der Waals surface area contributed by atoms with Crippen molar-refractivity contribution in [1.29, 1.82) is 0 Å². The molecular formula is C6H8ClF4NO. The highest BCUT2D eigenvalue weighted by molar-refractivity contribution is 5.85. The van der Waals surface area contributed by atoms with Crippen LogP contribution in [0.15, 0.2) is 0 Å². The summed E-state index contributed by atoms with van der Waals surface area (Å²) >= 11 is 0. The van der Waals surface area contributed by atoms with Gasteiger partial charge in [0.05, 0.1) is 11.8 Å². The fourth-order valence-corrected chi connectivity index (χ4v) is 1.72. The maximum absolute atomic E-state index is 12.7. The maximum Gasteiger partial charge on any atom is 0.364 e. The molecule has 2 aliphatic heterocycles. The van der Waals surface area contributed by atoms with E-state index in [1.54, 1.807) is 0 Å². The second-order valence-electron chi connectivity index (χ2n) is 3.10. The number of rotatable bonds is 0. The zero-order valence-corrected chi connectivity index (χ0v) is 7.21. The molecule has 2 rings (SSSR count). The van der Waals surface area contributed by atoms with Crippen LogP contribution >= 0.6 is 12.4 Å². The molecule has 78 valence electrons. The Morgan fingerprint density at radius 2 is 1.38 bits per heavy atom. The van der Waals surface area contributed by atoms with Crippen LogP contribution in [0.25, 0.3) is 0 Å². The third-order valence-electron chi connectivity index (χ3n) is 2.35. The molecule has 7 heteroatoms. The predicted octanol–water partition coefficient (Wildman–Crippen LogP) is 1.46. The molecular weight excluding hydrogens is 214 g/mol. The van der Waals surface area contributed by atoms with Crippen LogP contribution in [0.1, 0.15) is 0 Å². The molecule has 2 heterocycles. The van der Waals surface area contributed by atoms with E-state index >= 15 is 0 Å². The average molecular weight is 222 g/mol. The molecule has 0 spiro atoms. The third kappa shape index (κ3) is 1.51. The Morgan fingerprint density at radius 3 is 1.77 bits per heavy atom. The quantitative estimate of drug-likeness (QED) is 0.626. The van der Waals surface area contributed by atoms with Crippen molar-refractivity contribution in [3.8, 4) is 0 Å². The van der Waals surface area contributed by atoms with E-state index in [1.807, 2.05) is 0 Å². The molecule has 1 N–H and O–H groups in total. The standard InChI is InChI=1S/C6H7F4NO.ClH/c7-5(8)3-1-11-2-4(3)6(9,10)12-5;/h3-4,11H,1-2H2;1H/t3-,4+;. The van der Waals surface area contributed by atoms with Crippen molar-refractivity contribution in [2.75, 3.05) is 13.1 Å². The van der Waals surface area contributed by atoms with Gasteiger partial charge in [0.2, 0.25) is 0 Å². The lowest BCUT2D eigenvalue weighted by Crippen LogP contribution is -2.30. The molecule has 0 amide bonds. The number of halogens is 5. The monoisotopic (exact) mass is 221 g/mol. The molecule has 0 radical (unpaired) electrons. The Kier molecular flexibility index (Phi) is 2.51. The van der Waals surface area contributed by atoms with E-state index in [1.165, 1.54) is 0 Å². The first kappa shape index (κ1) is 11.0. The normalized spacial score (nSPS) is 39.7. The van der Waals surface area contributed by atoms with Crippen LogP contribution in [-0.4, -0.2) is 25.3 Å². The van der Waals surface area contributed by atoms with E-state index in [2.05, 4.69) is 10.1 Å². The van der Waals surface area contributed by atoms with E-state index in [4.69, 9.17) is 0 Å². The second-order valence-corrected chi connectivity index (χ2v) is 3.10. The Labute approximate surface area is 78.0 Å². The summed E-state index contributed by atoms with van der Waals surface area (Å²) in [6, 6.07) is 0. The van der Waals surface area contributed by atoms with Crippen LogP contribution in [0, 0.1) is 11.8 Å². The summed E-state index contributed by atoms with van der Waals surface area (Å²) in [5.41, 5.74) is 0. The first-order valence-corrected chi connectivity index (χ1v) is 3.60. The van der Waals surface area contributed by atoms with Gasteiger partial charge in [-0.05, 0) is 0 Å². The van der Waals surface area contributed by atoms with Crippen LogP contribution in [0.3, 0.4) is 0 Å². The highest BCUT2D eigenvalue weighted by Gasteiger charge is 2.67. The van der Waals surface area contributed by atoms with Crippen LogP contribution < -0.4 is 5.32 Å². The fourth-order valence-electron chi connectivity index (χ4n) is 1.72. The lowest BCUT2D eigenvalue weighted by molar-refractivity contribution is -0.342. The Bertz CT molecular complexity index is 193. The average Bonchev–Trinajstić information content (AvgIpc) is 2.34. The first-order chi connectivity index (χ1) is 5.43. The number of hydrogen-bond acceptors (Lipinski definition) is 2. The van der Waals surface area contributed by atoms with Gasteiger partial charge in [-0.3, -0.25) is 4.74 Å². The molecule has 0 unspecified atom stereocenters. The van der Waals surface area contributed by atoms with Crippen LogP contribution in [0.5, 0.6) is 0 Å². The zero-order chi connectivity index (χ0) is 8.98. The lowest BCUT2D eigenvalue weighted by Gasteiger charge is -2.14. The number of ether oxygens (including phenoxy) is 1. The molecule has 0 aliphatic carbocycles. The molecule has 0 aromatic carbocycles. The Hall–Kier alpha value is -0.0700. The zero-order valence-electron chi connectivity index (χ0n) is 6.40. The van der Waals surface area contributed by atoms with Crippen molar-refractivity contribution in [2.45, 2.75) is 12.2 Å². The molecule has 0 saturated carbocycles.